The Kier molecular flexibility index (Phi) is 9.95. The maximum Gasteiger partial charge on any atom is 1.00 e. The van der Waals surface area contributed by atoms with Crippen LogP contribution in [-0.2, 0) is 19.9 Å². The third kappa shape index (κ3) is 4.75. The van der Waals surface area contributed by atoms with E-state index in [-0.39, 0.29) is 93.4 Å². The van der Waals surface area contributed by atoms with Gasteiger partial charge in [0, 0.05) is 23.5 Å². The van der Waals surface area contributed by atoms with Crippen LogP contribution in [0.1, 0.15) is 27.8 Å². The van der Waals surface area contributed by atoms with Gasteiger partial charge in [-0.05, 0) is 54.3 Å². The van der Waals surface area contributed by atoms with Crippen LogP contribution in [-0.4, -0.2) is 8.42 Å². The van der Waals surface area contributed by atoms with Crippen LogP contribution in [0.2, 0.25) is 0 Å². The molecule has 0 saturated heterocycles. The maximum absolute atomic E-state index is 13.1. The average Bonchev–Trinajstić information content (AvgIpc) is 2.98. The van der Waals surface area contributed by atoms with Gasteiger partial charge in [0.15, 0.2) is 5.60 Å². The molecule has 0 amide bonds. The van der Waals surface area contributed by atoms with Crippen molar-refractivity contribution in [3.63, 3.8) is 0 Å². The second-order valence-corrected chi connectivity index (χ2v) is 11.9. The summed E-state index contributed by atoms with van der Waals surface area (Å²) >= 11 is 13.2. The van der Waals surface area contributed by atoms with Crippen LogP contribution in [0.15, 0.2) is 59.2 Å². The van der Waals surface area contributed by atoms with Crippen molar-refractivity contribution in [2.24, 2.45) is 0 Å². The van der Waals surface area contributed by atoms with E-state index in [9.17, 15) is 18.6 Å². The van der Waals surface area contributed by atoms with Crippen molar-refractivity contribution in [2.45, 2.75) is 24.3 Å². The Morgan fingerprint density at radius 2 is 1.21 bits per heavy atom. The van der Waals surface area contributed by atoms with E-state index < -0.39 is 15.7 Å². The Hall–Kier alpha value is 1.09. The maximum atomic E-state index is 13.1. The van der Waals surface area contributed by atoms with Gasteiger partial charge in [0.05, 0.1) is 0 Å². The van der Waals surface area contributed by atoms with Gasteiger partial charge in [-0.25, -0.2) is 4.18 Å². The quantitative estimate of drug-likeness (QED) is 0.262. The first-order valence-electron chi connectivity index (χ1n) is 8.80. The van der Waals surface area contributed by atoms with Crippen LogP contribution in [0.3, 0.4) is 0 Å². The summed E-state index contributed by atoms with van der Waals surface area (Å²) in [5.74, 6) is -0.529. The summed E-state index contributed by atoms with van der Waals surface area (Å²) < 4.78 is 33.2. The van der Waals surface area contributed by atoms with Crippen LogP contribution < -0.4 is 69.3 Å². The fraction of sp³-hybridized carbons (Fsp3) is 0.143. The third-order valence-electron chi connectivity index (χ3n) is 5.37. The zero-order chi connectivity index (χ0) is 22.9. The van der Waals surface area contributed by atoms with Crippen molar-refractivity contribution in [3.8, 4) is 11.5 Å². The summed E-state index contributed by atoms with van der Waals surface area (Å²) in [7, 11) is -4.13. The molecule has 33 heavy (non-hydrogen) atoms. The molecule has 5 nitrogen and oxygen atoms in total. The normalized spacial score (nSPS) is 15.3. The average molecular weight is 742 g/mol. The molecule has 1 aliphatic heterocycles. The zero-order valence-electron chi connectivity index (χ0n) is 17.9. The Morgan fingerprint density at radius 3 is 1.67 bits per heavy atom. The molecule has 0 unspecified atom stereocenters. The van der Waals surface area contributed by atoms with Gasteiger partial charge < -0.3 is 10.2 Å². The smallest absolute Gasteiger partial charge is 0.871 e. The number of hydrogen-bond donors (Lipinski definition) is 0. The number of halogens is 4. The predicted molar refractivity (Wildman–Crippen MR) is 127 cm³/mol. The molecule has 0 atom stereocenters. The first kappa shape index (κ1) is 30.3. The summed E-state index contributed by atoms with van der Waals surface area (Å²) in [5.41, 5.74) is 0.757. The summed E-state index contributed by atoms with van der Waals surface area (Å²) in [5, 5.41) is 25.0. The Morgan fingerprint density at radius 1 is 0.788 bits per heavy atom. The van der Waals surface area contributed by atoms with Crippen LogP contribution in [0.4, 0.5) is 0 Å². The molecule has 0 radical (unpaired) electrons. The van der Waals surface area contributed by atoms with Crippen molar-refractivity contribution < 1.29 is 81.9 Å². The van der Waals surface area contributed by atoms with Crippen molar-refractivity contribution in [1.82, 2.24) is 0 Å². The van der Waals surface area contributed by atoms with Gasteiger partial charge in [-0.1, -0.05) is 93.4 Å². The second-order valence-electron chi connectivity index (χ2n) is 7.06. The molecule has 0 spiro atoms. The molecule has 3 aromatic carbocycles. The largest absolute Gasteiger partial charge is 1.00 e. The minimum atomic E-state index is -4.13. The van der Waals surface area contributed by atoms with E-state index in [2.05, 4.69) is 63.7 Å². The SMILES string of the molecule is Cc1c(C2(c3cc(Br)c([O-])c(Br)c3C)OS(=O)(=O)c3ccccc32)cc(Br)c([O-])c1Br.[Na+].[Na+]. The summed E-state index contributed by atoms with van der Waals surface area (Å²) in [6.45, 7) is 3.43. The zero-order valence-corrected chi connectivity index (χ0v) is 29.1. The second kappa shape index (κ2) is 10.8. The standard InChI is InChI=1S/C21H14Br4O5S.2Na/c1-9-12(7-14(22)19(26)17(9)24)21(13-8-15(23)20(27)18(25)10(13)2)11-5-3-4-6-16(11)31(28,29)30-21;;/h3-8,26-27H,1-2H3;;/q;2*+1/p-2. The molecule has 3 aromatic rings. The molecular formula is C21H12Br4Na2O5S. The van der Waals surface area contributed by atoms with Gasteiger partial charge in [0.1, 0.15) is 4.90 Å². The Bertz CT molecular complexity index is 1320. The van der Waals surface area contributed by atoms with Crippen molar-refractivity contribution >= 4 is 73.8 Å². The first-order valence-corrected chi connectivity index (χ1v) is 13.4. The minimum absolute atomic E-state index is 0. The first-order chi connectivity index (χ1) is 14.4. The molecule has 0 aliphatic carbocycles. The Labute approximate surface area is 269 Å². The van der Waals surface area contributed by atoms with E-state index in [1.807, 2.05) is 0 Å². The van der Waals surface area contributed by atoms with Crippen molar-refractivity contribution in [1.29, 1.82) is 0 Å². The molecule has 0 N–H and O–H groups in total. The fourth-order valence-electron chi connectivity index (χ4n) is 3.87. The van der Waals surface area contributed by atoms with Crippen LogP contribution in [0.25, 0.3) is 0 Å². The van der Waals surface area contributed by atoms with Gasteiger partial charge in [0.2, 0.25) is 0 Å². The van der Waals surface area contributed by atoms with E-state index in [0.29, 0.717) is 27.8 Å². The molecule has 12 heteroatoms. The van der Waals surface area contributed by atoms with E-state index in [1.54, 1.807) is 44.2 Å². The number of fused-ring (bicyclic) bond motifs is 1. The molecule has 4 rings (SSSR count). The van der Waals surface area contributed by atoms with E-state index in [4.69, 9.17) is 4.18 Å². The van der Waals surface area contributed by atoms with Crippen LogP contribution >= 0.6 is 63.7 Å². The summed E-state index contributed by atoms with van der Waals surface area (Å²) in [6.07, 6.45) is 0. The number of benzene rings is 3. The number of rotatable bonds is 2. The fourth-order valence-corrected chi connectivity index (χ4v) is 7.53. The monoisotopic (exact) mass is 738 g/mol. The van der Waals surface area contributed by atoms with Crippen LogP contribution in [0, 0.1) is 13.8 Å². The molecule has 1 heterocycles. The third-order valence-corrected chi connectivity index (χ3v) is 9.82. The minimum Gasteiger partial charge on any atom is -0.871 e. The van der Waals surface area contributed by atoms with Gasteiger partial charge in [-0.3, -0.25) is 0 Å². The van der Waals surface area contributed by atoms with E-state index in [0.717, 1.165) is 0 Å². The molecule has 0 fully saturated rings. The molecule has 1 aliphatic rings. The van der Waals surface area contributed by atoms with Crippen molar-refractivity contribution in [2.75, 3.05) is 0 Å². The van der Waals surface area contributed by atoms with E-state index in [1.165, 1.54) is 6.07 Å². The molecule has 0 aromatic heterocycles. The van der Waals surface area contributed by atoms with Crippen molar-refractivity contribution in [3.05, 3.63) is 82.1 Å². The molecular weight excluding hydrogens is 730 g/mol. The van der Waals surface area contributed by atoms with E-state index >= 15 is 0 Å². The predicted octanol–water partition coefficient (Wildman–Crippen LogP) is -0.481. The topological polar surface area (TPSA) is 89.5 Å². The number of hydrogen-bond acceptors (Lipinski definition) is 5. The van der Waals surface area contributed by atoms with Gasteiger partial charge >= 0.3 is 59.1 Å². The summed E-state index contributed by atoms with van der Waals surface area (Å²) in [4.78, 5) is 0.0330. The van der Waals surface area contributed by atoms with Crippen LogP contribution in [0.5, 0.6) is 11.5 Å². The van der Waals surface area contributed by atoms with Gasteiger partial charge in [-0.2, -0.15) is 8.42 Å². The molecule has 0 saturated carbocycles. The van der Waals surface area contributed by atoms with Gasteiger partial charge in [-0.15, -0.1) is 0 Å². The van der Waals surface area contributed by atoms with Gasteiger partial charge in [0.25, 0.3) is 10.1 Å². The Balaban J connectivity index is 0.00000193. The molecule has 162 valence electrons. The molecule has 0 bridgehead atoms. The summed E-state index contributed by atoms with van der Waals surface area (Å²) in [6, 6.07) is 9.65.